The Kier molecular flexibility index (Phi) is 4.60. The summed E-state index contributed by atoms with van der Waals surface area (Å²) < 4.78 is 28.5. The van der Waals surface area contributed by atoms with Gasteiger partial charge in [0.25, 0.3) is 10.0 Å². The summed E-state index contributed by atoms with van der Waals surface area (Å²) in [6.07, 6.45) is 1.40. The Balaban J connectivity index is 1.77. The fraction of sp³-hybridized carbons (Fsp3) is 0.158. The Morgan fingerprint density at radius 3 is 2.29 bits per heavy atom. The van der Waals surface area contributed by atoms with Gasteiger partial charge in [0.15, 0.2) is 5.03 Å². The zero-order valence-corrected chi connectivity index (χ0v) is 16.6. The number of urea groups is 1. The Bertz CT molecular complexity index is 1130. The van der Waals surface area contributed by atoms with E-state index in [1.807, 2.05) is 6.07 Å². The number of sulfonamides is 1. The number of amides is 2. The number of nitrogens with zero attached hydrogens (tertiary/aromatic N) is 4. The zero-order chi connectivity index (χ0) is 19.9. The molecule has 0 aliphatic carbocycles. The molecule has 0 saturated carbocycles. The topological polar surface area (TPSA) is 75.5 Å². The van der Waals surface area contributed by atoms with Crippen LogP contribution in [0.4, 0.5) is 10.5 Å². The van der Waals surface area contributed by atoms with Crippen LogP contribution >= 0.6 is 11.6 Å². The number of halogens is 1. The van der Waals surface area contributed by atoms with Gasteiger partial charge in [-0.25, -0.2) is 9.10 Å². The van der Waals surface area contributed by atoms with E-state index in [2.05, 4.69) is 5.10 Å². The molecule has 0 atom stereocenters. The fourth-order valence-corrected chi connectivity index (χ4v) is 4.94. The second-order valence-corrected chi connectivity index (χ2v) is 8.67. The van der Waals surface area contributed by atoms with Gasteiger partial charge in [0.1, 0.15) is 5.69 Å². The normalized spacial score (nSPS) is 15.6. The van der Waals surface area contributed by atoms with Crippen molar-refractivity contribution in [2.24, 2.45) is 7.05 Å². The summed E-state index contributed by atoms with van der Waals surface area (Å²) in [6.45, 7) is 0.152. The number of aryl methyl sites for hydroxylation is 1. The molecule has 4 rings (SSSR count). The molecule has 3 aromatic rings. The van der Waals surface area contributed by atoms with Crippen molar-refractivity contribution < 1.29 is 13.2 Å². The number of carbonyl (C=O) groups excluding carboxylic acids is 1. The highest BCUT2D eigenvalue weighted by Gasteiger charge is 2.44. The quantitative estimate of drug-likeness (QED) is 0.653. The minimum absolute atomic E-state index is 0.00278. The number of rotatable bonds is 4. The van der Waals surface area contributed by atoms with Crippen LogP contribution in [-0.2, 0) is 30.2 Å². The summed E-state index contributed by atoms with van der Waals surface area (Å²) in [5.74, 6) is 0. The highest BCUT2D eigenvalue weighted by atomic mass is 35.5. The van der Waals surface area contributed by atoms with Crippen LogP contribution in [-0.4, -0.2) is 28.5 Å². The SMILES string of the molecule is Cn1ncc2c1S(=O)(=O)N(Cc1ccccc1)C(=O)N2Cc1ccc(Cl)cc1. The maximum atomic E-state index is 13.2. The number of aromatic nitrogens is 2. The third-order valence-corrected chi connectivity index (χ3v) is 6.64. The molecule has 0 saturated heterocycles. The number of fused-ring (bicyclic) bond motifs is 1. The van der Waals surface area contributed by atoms with Crippen molar-refractivity contribution in [2.75, 3.05) is 4.90 Å². The molecule has 0 bridgehead atoms. The molecule has 0 fully saturated rings. The first-order valence-electron chi connectivity index (χ1n) is 8.52. The van der Waals surface area contributed by atoms with Gasteiger partial charge in [-0.2, -0.15) is 13.5 Å². The van der Waals surface area contributed by atoms with E-state index in [-0.39, 0.29) is 23.8 Å². The highest BCUT2D eigenvalue weighted by Crippen LogP contribution is 2.35. The molecule has 2 amide bonds. The second-order valence-electron chi connectivity index (χ2n) is 6.45. The van der Waals surface area contributed by atoms with E-state index in [4.69, 9.17) is 11.6 Å². The molecule has 1 aromatic heterocycles. The molecule has 1 aliphatic heterocycles. The number of carbonyl (C=O) groups is 1. The van der Waals surface area contributed by atoms with Crippen molar-refractivity contribution in [2.45, 2.75) is 18.1 Å². The number of hydrogen-bond acceptors (Lipinski definition) is 4. The van der Waals surface area contributed by atoms with Crippen molar-refractivity contribution in [3.63, 3.8) is 0 Å². The van der Waals surface area contributed by atoms with Crippen molar-refractivity contribution in [1.82, 2.24) is 14.1 Å². The maximum Gasteiger partial charge on any atom is 0.339 e. The molecule has 9 heteroatoms. The lowest BCUT2D eigenvalue weighted by molar-refractivity contribution is 0.225. The van der Waals surface area contributed by atoms with Gasteiger partial charge in [0, 0.05) is 12.1 Å². The van der Waals surface area contributed by atoms with E-state index < -0.39 is 16.1 Å². The minimum atomic E-state index is -4.03. The first-order chi connectivity index (χ1) is 13.4. The first kappa shape index (κ1) is 18.5. The third kappa shape index (κ3) is 3.14. The van der Waals surface area contributed by atoms with Gasteiger partial charge in [-0.15, -0.1) is 0 Å². The summed E-state index contributed by atoms with van der Waals surface area (Å²) in [7, 11) is -2.48. The van der Waals surface area contributed by atoms with Crippen LogP contribution in [0, 0.1) is 0 Å². The van der Waals surface area contributed by atoms with Gasteiger partial charge in [-0.05, 0) is 23.3 Å². The molecule has 2 aromatic carbocycles. The van der Waals surface area contributed by atoms with E-state index in [9.17, 15) is 13.2 Å². The van der Waals surface area contributed by atoms with Crippen molar-refractivity contribution in [3.8, 4) is 0 Å². The molecular weight excluding hydrogens is 400 g/mol. The Labute approximate surface area is 167 Å². The standard InChI is InChI=1S/C19H17ClN4O3S/c1-22-18-17(11-21-22)23(12-15-7-9-16(20)10-8-15)19(25)24(28(18,26)27)13-14-5-3-2-4-6-14/h2-11H,12-13H2,1H3. The lowest BCUT2D eigenvalue weighted by atomic mass is 10.2. The van der Waals surface area contributed by atoms with Crippen LogP contribution in [0.15, 0.2) is 65.8 Å². The lowest BCUT2D eigenvalue weighted by Crippen LogP contribution is -2.50. The summed E-state index contributed by atoms with van der Waals surface area (Å²) in [6, 6.07) is 15.5. The van der Waals surface area contributed by atoms with E-state index in [1.54, 1.807) is 55.6 Å². The van der Waals surface area contributed by atoms with Crippen LogP contribution in [0.2, 0.25) is 5.02 Å². The minimum Gasteiger partial charge on any atom is -0.285 e. The third-order valence-electron chi connectivity index (χ3n) is 4.56. The second kappa shape index (κ2) is 6.96. The van der Waals surface area contributed by atoms with Crippen molar-refractivity contribution in [1.29, 1.82) is 0 Å². The largest absolute Gasteiger partial charge is 0.339 e. The van der Waals surface area contributed by atoms with Crippen LogP contribution in [0.5, 0.6) is 0 Å². The summed E-state index contributed by atoms with van der Waals surface area (Å²) in [5.41, 5.74) is 1.81. The number of benzene rings is 2. The van der Waals surface area contributed by atoms with Gasteiger partial charge in [-0.1, -0.05) is 54.1 Å². The molecule has 28 heavy (non-hydrogen) atoms. The van der Waals surface area contributed by atoms with E-state index in [0.717, 1.165) is 15.4 Å². The molecule has 144 valence electrons. The average molecular weight is 417 g/mol. The molecule has 2 heterocycles. The van der Waals surface area contributed by atoms with Crippen LogP contribution in [0.1, 0.15) is 11.1 Å². The Morgan fingerprint density at radius 1 is 0.964 bits per heavy atom. The Morgan fingerprint density at radius 2 is 1.61 bits per heavy atom. The van der Waals surface area contributed by atoms with Gasteiger partial charge in [0.05, 0.1) is 19.3 Å². The number of hydrogen-bond donors (Lipinski definition) is 0. The molecule has 0 unspecified atom stereocenters. The average Bonchev–Trinajstić information content (AvgIpc) is 3.07. The highest BCUT2D eigenvalue weighted by molar-refractivity contribution is 7.89. The number of anilines is 1. The first-order valence-corrected chi connectivity index (χ1v) is 10.3. The molecule has 1 aliphatic rings. The van der Waals surface area contributed by atoms with Gasteiger partial charge in [0.2, 0.25) is 0 Å². The smallest absolute Gasteiger partial charge is 0.285 e. The zero-order valence-electron chi connectivity index (χ0n) is 15.0. The summed E-state index contributed by atoms with van der Waals surface area (Å²) in [4.78, 5) is 14.6. The predicted octanol–water partition coefficient (Wildman–Crippen LogP) is 3.40. The summed E-state index contributed by atoms with van der Waals surface area (Å²) >= 11 is 5.94. The molecule has 0 radical (unpaired) electrons. The van der Waals surface area contributed by atoms with Gasteiger partial charge in [-0.3, -0.25) is 9.58 Å². The lowest BCUT2D eigenvalue weighted by Gasteiger charge is -2.34. The van der Waals surface area contributed by atoms with Crippen LogP contribution in [0.25, 0.3) is 0 Å². The van der Waals surface area contributed by atoms with E-state index in [1.165, 1.54) is 15.8 Å². The molecule has 0 N–H and O–H groups in total. The van der Waals surface area contributed by atoms with Crippen LogP contribution in [0.3, 0.4) is 0 Å². The summed E-state index contributed by atoms with van der Waals surface area (Å²) in [5, 5.41) is 4.66. The Hall–Kier alpha value is -2.84. The van der Waals surface area contributed by atoms with Crippen molar-refractivity contribution >= 4 is 33.3 Å². The molecule has 7 nitrogen and oxygen atoms in total. The van der Waals surface area contributed by atoms with Gasteiger partial charge < -0.3 is 0 Å². The van der Waals surface area contributed by atoms with E-state index >= 15 is 0 Å². The molecule has 0 spiro atoms. The van der Waals surface area contributed by atoms with Crippen molar-refractivity contribution in [3.05, 3.63) is 76.9 Å². The fourth-order valence-electron chi connectivity index (χ4n) is 3.17. The van der Waals surface area contributed by atoms with Gasteiger partial charge >= 0.3 is 6.03 Å². The monoisotopic (exact) mass is 416 g/mol. The predicted molar refractivity (Wildman–Crippen MR) is 105 cm³/mol. The van der Waals surface area contributed by atoms with Crippen LogP contribution < -0.4 is 4.90 Å². The molecular formula is C19H17ClN4O3S. The maximum absolute atomic E-state index is 13.2. The van der Waals surface area contributed by atoms with E-state index in [0.29, 0.717) is 5.02 Å².